The van der Waals surface area contributed by atoms with Crippen LogP contribution in [0.4, 0.5) is 0 Å². The maximum atomic E-state index is 5.09. The first-order chi connectivity index (χ1) is 7.24. The van der Waals surface area contributed by atoms with E-state index in [0.29, 0.717) is 0 Å². The summed E-state index contributed by atoms with van der Waals surface area (Å²) in [4.78, 5) is 4.56. The van der Waals surface area contributed by atoms with Crippen molar-refractivity contribution in [3.8, 4) is 0 Å². The van der Waals surface area contributed by atoms with Gasteiger partial charge in [0.25, 0.3) is 0 Å². The predicted octanol–water partition coefficient (Wildman–Crippen LogP) is 4.15. The van der Waals surface area contributed by atoms with Crippen LogP contribution in [0.25, 0.3) is 0 Å². The van der Waals surface area contributed by atoms with Gasteiger partial charge in [-0.2, -0.15) is 0 Å². The van der Waals surface area contributed by atoms with Gasteiger partial charge in [-0.15, -0.1) is 0 Å². The van der Waals surface area contributed by atoms with Crippen LogP contribution >= 0.6 is 36.2 Å². The summed E-state index contributed by atoms with van der Waals surface area (Å²) >= 11 is 12.0. The largest absolute Gasteiger partial charge is 0.0908 e. The molecule has 0 aromatic carbocycles. The van der Waals surface area contributed by atoms with E-state index in [4.69, 9.17) is 24.4 Å². The molecule has 76 valence electrons. The molecule has 0 nitrogen and oxygen atoms in total. The fraction of sp³-hybridized carbons (Fsp3) is 0.167. The summed E-state index contributed by atoms with van der Waals surface area (Å²) in [6, 6.07) is 0. The standard InChI is InChI=1S/C12H10S3/c13-9-1-5-11(6-2-9)15-12-7-3-10(14)4-8-12/h1,3,5-8H,2,4H2. The Morgan fingerprint density at radius 1 is 0.800 bits per heavy atom. The minimum absolute atomic E-state index is 0.892. The molecule has 15 heavy (non-hydrogen) atoms. The monoisotopic (exact) mass is 250 g/mol. The van der Waals surface area contributed by atoms with Gasteiger partial charge in [0.1, 0.15) is 0 Å². The molecule has 0 atom stereocenters. The topological polar surface area (TPSA) is 0 Å². The number of hydrogen-bond acceptors (Lipinski definition) is 3. The van der Waals surface area contributed by atoms with E-state index >= 15 is 0 Å². The van der Waals surface area contributed by atoms with Gasteiger partial charge in [-0.1, -0.05) is 48.3 Å². The molecule has 0 saturated carbocycles. The summed E-state index contributed by atoms with van der Waals surface area (Å²) in [5, 5.41) is 0. The molecule has 0 heterocycles. The van der Waals surface area contributed by atoms with Crippen LogP contribution in [0.2, 0.25) is 0 Å². The molecule has 2 rings (SSSR count). The SMILES string of the molecule is S=C1C=CC(SC2=CCC(=S)C=C2)=CC1. The van der Waals surface area contributed by atoms with Gasteiger partial charge in [0, 0.05) is 32.4 Å². The van der Waals surface area contributed by atoms with Gasteiger partial charge in [0.05, 0.1) is 0 Å². The second kappa shape index (κ2) is 5.01. The Morgan fingerprint density at radius 3 is 1.60 bits per heavy atom. The van der Waals surface area contributed by atoms with Crippen molar-refractivity contribution in [3.05, 3.63) is 46.3 Å². The molecule has 0 aromatic rings. The second-order valence-corrected chi connectivity index (χ2v) is 5.52. The normalized spacial score (nSPS) is 20.3. The van der Waals surface area contributed by atoms with Crippen LogP contribution in [0.5, 0.6) is 0 Å². The summed E-state index contributed by atoms with van der Waals surface area (Å²) in [7, 11) is 0. The van der Waals surface area contributed by atoms with Crippen molar-refractivity contribution in [1.29, 1.82) is 0 Å². The van der Waals surface area contributed by atoms with Gasteiger partial charge in [-0.05, 0) is 24.3 Å². The molecule has 0 fully saturated rings. The maximum absolute atomic E-state index is 5.09. The molecule has 0 N–H and O–H groups in total. The van der Waals surface area contributed by atoms with E-state index in [-0.39, 0.29) is 0 Å². The van der Waals surface area contributed by atoms with Gasteiger partial charge in [-0.3, -0.25) is 0 Å². The molecular weight excluding hydrogens is 240 g/mol. The lowest BCUT2D eigenvalue weighted by molar-refractivity contribution is 1.48. The third kappa shape index (κ3) is 3.23. The van der Waals surface area contributed by atoms with Crippen molar-refractivity contribution in [2.24, 2.45) is 0 Å². The first kappa shape index (κ1) is 11.0. The molecule has 0 amide bonds. The average Bonchev–Trinajstić information content (AvgIpc) is 2.25. The highest BCUT2D eigenvalue weighted by molar-refractivity contribution is 8.07. The first-order valence-electron chi connectivity index (χ1n) is 4.74. The van der Waals surface area contributed by atoms with Crippen molar-refractivity contribution in [1.82, 2.24) is 0 Å². The fourth-order valence-corrected chi connectivity index (χ4v) is 2.49. The number of thioether (sulfide) groups is 1. The summed E-state index contributed by atoms with van der Waals surface area (Å²) < 4.78 is 0. The molecule has 0 aliphatic heterocycles. The van der Waals surface area contributed by atoms with E-state index in [1.165, 1.54) is 9.81 Å². The van der Waals surface area contributed by atoms with Gasteiger partial charge < -0.3 is 0 Å². The van der Waals surface area contributed by atoms with Gasteiger partial charge in [-0.25, -0.2) is 0 Å². The molecule has 2 aliphatic carbocycles. The van der Waals surface area contributed by atoms with Crippen LogP contribution in [0, 0.1) is 0 Å². The summed E-state index contributed by atoms with van der Waals surface area (Å²) in [5.74, 6) is 0. The highest BCUT2D eigenvalue weighted by atomic mass is 32.2. The lowest BCUT2D eigenvalue weighted by Gasteiger charge is -2.10. The maximum Gasteiger partial charge on any atom is 0.0190 e. The van der Waals surface area contributed by atoms with E-state index in [1.807, 2.05) is 12.2 Å². The van der Waals surface area contributed by atoms with Gasteiger partial charge >= 0.3 is 0 Å². The number of hydrogen-bond donors (Lipinski definition) is 0. The van der Waals surface area contributed by atoms with E-state index in [1.54, 1.807) is 11.8 Å². The van der Waals surface area contributed by atoms with Crippen molar-refractivity contribution in [2.45, 2.75) is 12.8 Å². The third-order valence-corrected chi connectivity index (χ3v) is 3.79. The third-order valence-electron chi connectivity index (χ3n) is 2.11. The Bertz CT molecular complexity index is 382. The minimum Gasteiger partial charge on any atom is -0.0908 e. The highest BCUT2D eigenvalue weighted by Gasteiger charge is 2.06. The Hall–Kier alpha value is -0.510. The second-order valence-electron chi connectivity index (χ2n) is 3.32. The molecule has 2 aliphatic rings. The summed E-state index contributed by atoms with van der Waals surface area (Å²) in [6.45, 7) is 0. The Labute approximate surface area is 105 Å². The Kier molecular flexibility index (Phi) is 3.67. The van der Waals surface area contributed by atoms with Crippen LogP contribution in [0.3, 0.4) is 0 Å². The van der Waals surface area contributed by atoms with Crippen molar-refractivity contribution >= 4 is 45.9 Å². The molecule has 0 spiro atoms. The Morgan fingerprint density at radius 2 is 1.27 bits per heavy atom. The van der Waals surface area contributed by atoms with E-state index in [0.717, 1.165) is 22.6 Å². The van der Waals surface area contributed by atoms with Crippen molar-refractivity contribution < 1.29 is 0 Å². The summed E-state index contributed by atoms with van der Waals surface area (Å²) in [5.41, 5.74) is 0. The smallest absolute Gasteiger partial charge is 0.0190 e. The summed E-state index contributed by atoms with van der Waals surface area (Å²) in [6.07, 6.45) is 14.3. The number of rotatable bonds is 2. The predicted molar refractivity (Wildman–Crippen MR) is 76.5 cm³/mol. The van der Waals surface area contributed by atoms with E-state index in [2.05, 4.69) is 24.3 Å². The van der Waals surface area contributed by atoms with Crippen LogP contribution in [-0.4, -0.2) is 9.73 Å². The molecule has 3 heteroatoms. The van der Waals surface area contributed by atoms with Crippen LogP contribution in [-0.2, 0) is 0 Å². The van der Waals surface area contributed by atoms with Crippen molar-refractivity contribution in [2.75, 3.05) is 0 Å². The zero-order valence-corrected chi connectivity index (χ0v) is 10.6. The average molecular weight is 250 g/mol. The van der Waals surface area contributed by atoms with Crippen molar-refractivity contribution in [3.63, 3.8) is 0 Å². The highest BCUT2D eigenvalue weighted by Crippen LogP contribution is 2.31. The first-order valence-corrected chi connectivity index (χ1v) is 6.37. The molecule has 0 aromatic heterocycles. The van der Waals surface area contributed by atoms with Gasteiger partial charge in [0.2, 0.25) is 0 Å². The number of thiocarbonyl (C=S) groups is 2. The molecule has 0 bridgehead atoms. The fourth-order valence-electron chi connectivity index (χ4n) is 1.31. The molecule has 0 saturated heterocycles. The molecular formula is C12H10S3. The number of allylic oxidation sites excluding steroid dienone is 6. The minimum atomic E-state index is 0.892. The van der Waals surface area contributed by atoms with Crippen LogP contribution < -0.4 is 0 Å². The zero-order chi connectivity index (χ0) is 10.7. The molecule has 0 radical (unpaired) electrons. The van der Waals surface area contributed by atoms with E-state index in [9.17, 15) is 0 Å². The lowest BCUT2D eigenvalue weighted by atomic mass is 10.2. The van der Waals surface area contributed by atoms with Crippen LogP contribution in [0.15, 0.2) is 46.3 Å². The van der Waals surface area contributed by atoms with E-state index < -0.39 is 0 Å². The zero-order valence-electron chi connectivity index (χ0n) is 8.10. The van der Waals surface area contributed by atoms with Crippen LogP contribution in [0.1, 0.15) is 12.8 Å². The molecule has 0 unspecified atom stereocenters. The quantitative estimate of drug-likeness (QED) is 0.676. The Balaban J connectivity index is 1.99. The lowest BCUT2D eigenvalue weighted by Crippen LogP contribution is -1.94. The van der Waals surface area contributed by atoms with Gasteiger partial charge in [0.15, 0.2) is 0 Å².